The van der Waals surface area contributed by atoms with Gasteiger partial charge < -0.3 is 4.79 Å². The van der Waals surface area contributed by atoms with Gasteiger partial charge in [-0.05, 0) is 73.0 Å². The van der Waals surface area contributed by atoms with Crippen LogP contribution in [0.15, 0.2) is 0 Å². The zero-order chi connectivity index (χ0) is 14.3. The lowest BCUT2D eigenvalue weighted by molar-refractivity contribution is -0.108. The normalized spacial score (nSPS) is 45.7. The molecule has 0 aromatic heterocycles. The second-order valence-electron chi connectivity index (χ2n) is 7.90. The van der Waals surface area contributed by atoms with Gasteiger partial charge >= 0.3 is 0 Å². The van der Waals surface area contributed by atoms with E-state index in [4.69, 9.17) is 5.26 Å². The number of fused-ring (bicyclic) bond motifs is 2. The molecule has 0 aromatic rings. The molecule has 2 nitrogen and oxygen atoms in total. The zero-order valence-corrected chi connectivity index (χ0v) is 12.8. The Labute approximate surface area is 137 Å². The molecule has 126 valence electrons. The monoisotopic (exact) mass is 305 g/mol. The third kappa shape index (κ3) is 3.73. The molecule has 2 heteroatoms. The topological polar surface area (TPSA) is 40.9 Å². The van der Waals surface area contributed by atoms with E-state index >= 15 is 0 Å². The van der Waals surface area contributed by atoms with Gasteiger partial charge in [-0.15, -0.1) is 0 Å². The first-order chi connectivity index (χ1) is 9.65. The maximum atomic E-state index is 10.2. The van der Waals surface area contributed by atoms with E-state index in [9.17, 15) is 4.79 Å². The summed E-state index contributed by atoms with van der Waals surface area (Å²) < 4.78 is 0. The summed E-state index contributed by atoms with van der Waals surface area (Å²) >= 11 is 0. The molecule has 0 bridgehead atoms. The van der Waals surface area contributed by atoms with E-state index in [1.165, 1.54) is 25.7 Å². The van der Waals surface area contributed by atoms with E-state index in [2.05, 4.69) is 19.9 Å². The predicted molar refractivity (Wildman–Crippen MR) is 92.1 cm³/mol. The first-order valence-corrected chi connectivity index (χ1v) is 8.46. The van der Waals surface area contributed by atoms with E-state index in [1.807, 2.05) is 0 Å². The number of nitrogens with zero attached hydrogens (tertiary/aromatic N) is 1. The molecule has 0 aliphatic heterocycles. The van der Waals surface area contributed by atoms with Crippen molar-refractivity contribution in [2.24, 2.45) is 47.3 Å². The molecule has 4 unspecified atom stereocenters. The third-order valence-corrected chi connectivity index (χ3v) is 6.41. The van der Waals surface area contributed by atoms with Crippen molar-refractivity contribution < 1.29 is 4.79 Å². The van der Waals surface area contributed by atoms with Gasteiger partial charge in [-0.1, -0.05) is 28.7 Å². The average molecular weight is 306 g/mol. The fourth-order valence-corrected chi connectivity index (χ4v) is 5.37. The van der Waals surface area contributed by atoms with Crippen LogP contribution in [0.3, 0.4) is 0 Å². The Bertz CT molecular complexity index is 388. The molecule has 0 radical (unpaired) electrons. The highest BCUT2D eigenvalue weighted by atomic mass is 16.1. The predicted octanol–water partition coefficient (Wildman–Crippen LogP) is 5.33. The Balaban J connectivity index is 0.000000202. The molecule has 0 aromatic carbocycles. The van der Waals surface area contributed by atoms with Crippen LogP contribution in [-0.4, -0.2) is 6.29 Å². The highest BCUT2D eigenvalue weighted by molar-refractivity contribution is 5.51. The number of aldehydes is 1. The lowest BCUT2D eigenvalue weighted by Crippen LogP contribution is -1.95. The van der Waals surface area contributed by atoms with Gasteiger partial charge in [0.1, 0.15) is 6.29 Å². The van der Waals surface area contributed by atoms with Gasteiger partial charge in [-0.3, -0.25) is 0 Å². The molecular weight excluding hydrogens is 270 g/mol. The van der Waals surface area contributed by atoms with E-state index in [0.717, 1.165) is 66.5 Å². The summed E-state index contributed by atoms with van der Waals surface area (Å²) in [5.74, 6) is 7.29. The Kier molecular flexibility index (Phi) is 6.65. The second kappa shape index (κ2) is 7.62. The minimum Gasteiger partial charge on any atom is -0.303 e. The summed E-state index contributed by atoms with van der Waals surface area (Å²) in [6.07, 6.45) is 8.33. The fraction of sp³-hybridized carbons (Fsp3) is 0.900. The quantitative estimate of drug-likeness (QED) is 0.661. The summed E-state index contributed by atoms with van der Waals surface area (Å²) in [4.78, 5) is 10.2. The Morgan fingerprint density at radius 2 is 1.32 bits per heavy atom. The fourth-order valence-electron chi connectivity index (χ4n) is 5.37. The first kappa shape index (κ1) is 19.2. The molecular formula is C20H35NO. The van der Waals surface area contributed by atoms with Crippen molar-refractivity contribution in [1.29, 1.82) is 5.26 Å². The van der Waals surface area contributed by atoms with Gasteiger partial charge in [-0.2, -0.15) is 5.26 Å². The van der Waals surface area contributed by atoms with Crippen LogP contribution in [0.1, 0.15) is 67.2 Å². The summed E-state index contributed by atoms with van der Waals surface area (Å²) in [6, 6.07) is 2.27. The highest BCUT2D eigenvalue weighted by Gasteiger charge is 2.54. The van der Waals surface area contributed by atoms with Crippen LogP contribution < -0.4 is 0 Å². The summed E-state index contributed by atoms with van der Waals surface area (Å²) in [5, 5.41) is 8.45. The van der Waals surface area contributed by atoms with Crippen LogP contribution in [0, 0.1) is 58.7 Å². The minimum absolute atomic E-state index is 0. The van der Waals surface area contributed by atoms with Crippen LogP contribution >= 0.6 is 0 Å². The average Bonchev–Trinajstić information content (AvgIpc) is 3.08. The number of hydrogen-bond acceptors (Lipinski definition) is 2. The molecule has 4 saturated carbocycles. The van der Waals surface area contributed by atoms with Gasteiger partial charge in [0.2, 0.25) is 0 Å². The van der Waals surface area contributed by atoms with Gasteiger partial charge in [0.15, 0.2) is 0 Å². The van der Waals surface area contributed by atoms with E-state index < -0.39 is 0 Å². The molecule has 0 amide bonds. The Hall–Kier alpha value is -0.840. The van der Waals surface area contributed by atoms with Crippen LogP contribution in [0.2, 0.25) is 0 Å². The first-order valence-electron chi connectivity index (χ1n) is 8.46. The molecule has 4 aliphatic rings. The summed E-state index contributed by atoms with van der Waals surface area (Å²) in [7, 11) is 0. The van der Waals surface area contributed by atoms with E-state index in [0.29, 0.717) is 0 Å². The lowest BCUT2D eigenvalue weighted by atomic mass is 10.0. The highest BCUT2D eigenvalue weighted by Crippen LogP contribution is 2.61. The number of hydrogen-bond donors (Lipinski definition) is 0. The third-order valence-electron chi connectivity index (χ3n) is 6.41. The van der Waals surface area contributed by atoms with Crippen molar-refractivity contribution in [2.75, 3.05) is 0 Å². The standard InChI is InChI=1S/C9H13N.C9H14O.2CH4/c2*1-6-4-8-7(2-3-10)9(8)5-6;;/h6-9H,2,4-5H2,1H3;3,6-9H,2,4-5H2,1H3;2*1H4. The number of nitriles is 1. The molecule has 0 heterocycles. The van der Waals surface area contributed by atoms with E-state index in [1.54, 1.807) is 0 Å². The summed E-state index contributed by atoms with van der Waals surface area (Å²) in [6.45, 7) is 4.65. The van der Waals surface area contributed by atoms with Crippen molar-refractivity contribution in [3.8, 4) is 6.07 Å². The smallest absolute Gasteiger partial charge is 0.120 e. The number of carbonyl (C=O) groups is 1. The van der Waals surface area contributed by atoms with Gasteiger partial charge in [0, 0.05) is 12.8 Å². The van der Waals surface area contributed by atoms with Crippen molar-refractivity contribution in [3.63, 3.8) is 0 Å². The Morgan fingerprint density at radius 3 is 1.68 bits per heavy atom. The van der Waals surface area contributed by atoms with Crippen molar-refractivity contribution >= 4 is 6.29 Å². The second-order valence-corrected chi connectivity index (χ2v) is 7.90. The van der Waals surface area contributed by atoms with Crippen LogP contribution in [0.5, 0.6) is 0 Å². The molecule has 0 saturated heterocycles. The lowest BCUT2D eigenvalue weighted by Gasteiger charge is -2.04. The maximum absolute atomic E-state index is 10.2. The van der Waals surface area contributed by atoms with Crippen molar-refractivity contribution in [3.05, 3.63) is 0 Å². The maximum Gasteiger partial charge on any atom is 0.120 e. The SMILES string of the molecule is C.C.CC1CC2C(CC#N)C2C1.CC1CC2C(CC=O)C2C1. The molecule has 4 atom stereocenters. The van der Waals surface area contributed by atoms with Crippen molar-refractivity contribution in [1.82, 2.24) is 0 Å². The molecule has 22 heavy (non-hydrogen) atoms. The number of carbonyl (C=O) groups excluding carboxylic acids is 1. The van der Waals surface area contributed by atoms with Gasteiger partial charge in [-0.25, -0.2) is 0 Å². The molecule has 4 rings (SSSR count). The Morgan fingerprint density at radius 1 is 0.909 bits per heavy atom. The van der Waals surface area contributed by atoms with Crippen molar-refractivity contribution in [2.45, 2.75) is 67.2 Å². The van der Waals surface area contributed by atoms with E-state index in [-0.39, 0.29) is 14.9 Å². The zero-order valence-electron chi connectivity index (χ0n) is 12.8. The number of rotatable bonds is 3. The van der Waals surface area contributed by atoms with Gasteiger partial charge in [0.25, 0.3) is 0 Å². The molecule has 0 spiro atoms. The van der Waals surface area contributed by atoms with Crippen LogP contribution in [0.4, 0.5) is 0 Å². The molecule has 4 fully saturated rings. The largest absolute Gasteiger partial charge is 0.303 e. The van der Waals surface area contributed by atoms with Crippen LogP contribution in [-0.2, 0) is 4.79 Å². The molecule has 4 aliphatic carbocycles. The minimum atomic E-state index is 0. The van der Waals surface area contributed by atoms with Gasteiger partial charge in [0.05, 0.1) is 6.07 Å². The summed E-state index contributed by atoms with van der Waals surface area (Å²) in [5.41, 5.74) is 0. The van der Waals surface area contributed by atoms with Crippen LogP contribution in [0.25, 0.3) is 0 Å². The molecule has 0 N–H and O–H groups in total.